The van der Waals surface area contributed by atoms with Crippen molar-refractivity contribution in [1.82, 2.24) is 15.2 Å². The Kier molecular flexibility index (Phi) is 4.48. The van der Waals surface area contributed by atoms with E-state index >= 15 is 0 Å². The molecule has 0 bridgehead atoms. The summed E-state index contributed by atoms with van der Waals surface area (Å²) in [5, 5.41) is 9.85. The third-order valence-corrected chi connectivity index (χ3v) is 4.10. The van der Waals surface area contributed by atoms with Crippen LogP contribution in [0.25, 0.3) is 11.4 Å². The van der Waals surface area contributed by atoms with Gasteiger partial charge in [-0.1, -0.05) is 12.8 Å². The lowest BCUT2D eigenvalue weighted by atomic mass is 10.0. The number of carbonyl (C=O) groups is 1. The van der Waals surface area contributed by atoms with Crippen molar-refractivity contribution in [3.8, 4) is 11.4 Å². The fourth-order valence-corrected chi connectivity index (χ4v) is 2.91. The molecule has 1 heterocycles. The van der Waals surface area contributed by atoms with Gasteiger partial charge in [0.25, 0.3) is 0 Å². The summed E-state index contributed by atoms with van der Waals surface area (Å²) in [5.74, 6) is 1.93. The molecule has 0 atom stereocenters. The van der Waals surface area contributed by atoms with E-state index in [1.54, 1.807) is 0 Å². The van der Waals surface area contributed by atoms with Crippen LogP contribution in [-0.4, -0.2) is 21.1 Å². The van der Waals surface area contributed by atoms with Crippen molar-refractivity contribution < 1.29 is 4.79 Å². The third kappa shape index (κ3) is 3.51. The molecule has 1 aliphatic rings. The Morgan fingerprint density at radius 3 is 2.64 bits per heavy atom. The van der Waals surface area contributed by atoms with Crippen LogP contribution in [0.4, 0.5) is 5.69 Å². The van der Waals surface area contributed by atoms with Crippen LogP contribution in [0, 0.1) is 5.92 Å². The van der Waals surface area contributed by atoms with Gasteiger partial charge in [0.1, 0.15) is 5.82 Å². The van der Waals surface area contributed by atoms with Crippen LogP contribution in [-0.2, 0) is 11.3 Å². The molecule has 116 valence electrons. The first-order chi connectivity index (χ1) is 10.7. The molecule has 3 rings (SSSR count). The molecule has 6 nitrogen and oxygen atoms in total. The zero-order valence-electron chi connectivity index (χ0n) is 12.5. The van der Waals surface area contributed by atoms with Crippen LogP contribution in [0.2, 0.25) is 0 Å². The number of hydrogen-bond donors (Lipinski definition) is 3. The molecule has 0 aliphatic heterocycles. The predicted molar refractivity (Wildman–Crippen MR) is 84.9 cm³/mol. The van der Waals surface area contributed by atoms with E-state index in [1.165, 1.54) is 25.7 Å². The second-order valence-electron chi connectivity index (χ2n) is 5.79. The van der Waals surface area contributed by atoms with Crippen LogP contribution in [0.15, 0.2) is 24.3 Å². The van der Waals surface area contributed by atoms with Gasteiger partial charge in [-0.2, -0.15) is 5.10 Å². The minimum Gasteiger partial charge on any atom is -0.326 e. The first-order valence-electron chi connectivity index (χ1n) is 7.76. The fraction of sp³-hybridized carbons (Fsp3) is 0.438. The lowest BCUT2D eigenvalue weighted by molar-refractivity contribution is -0.117. The van der Waals surface area contributed by atoms with Gasteiger partial charge in [0.15, 0.2) is 5.82 Å². The van der Waals surface area contributed by atoms with Crippen molar-refractivity contribution in [1.29, 1.82) is 0 Å². The topological polar surface area (TPSA) is 96.7 Å². The van der Waals surface area contributed by atoms with Crippen molar-refractivity contribution in [2.24, 2.45) is 11.7 Å². The summed E-state index contributed by atoms with van der Waals surface area (Å²) in [4.78, 5) is 16.3. The van der Waals surface area contributed by atoms with E-state index < -0.39 is 0 Å². The number of hydrogen-bond acceptors (Lipinski definition) is 4. The van der Waals surface area contributed by atoms with E-state index in [4.69, 9.17) is 5.73 Å². The molecule has 1 amide bonds. The number of anilines is 1. The molecular weight excluding hydrogens is 278 g/mol. The van der Waals surface area contributed by atoms with E-state index in [0.717, 1.165) is 11.3 Å². The molecule has 1 aliphatic carbocycles. The standard InChI is InChI=1S/C16H21N5O/c17-10-14-19-16(21-20-14)12-5-7-13(8-6-12)18-15(22)9-11-3-1-2-4-11/h5-8,11H,1-4,9-10,17H2,(H,18,22)(H,19,20,21). The number of aromatic nitrogens is 3. The van der Waals surface area contributed by atoms with E-state index in [9.17, 15) is 4.79 Å². The number of benzene rings is 1. The molecule has 0 spiro atoms. The number of nitrogens with one attached hydrogen (secondary N) is 2. The van der Waals surface area contributed by atoms with Crippen LogP contribution < -0.4 is 11.1 Å². The van der Waals surface area contributed by atoms with Crippen molar-refractivity contribution >= 4 is 11.6 Å². The second-order valence-corrected chi connectivity index (χ2v) is 5.79. The lowest BCUT2D eigenvalue weighted by Crippen LogP contribution is -2.14. The van der Waals surface area contributed by atoms with Gasteiger partial charge in [-0.05, 0) is 43.0 Å². The highest BCUT2D eigenvalue weighted by Crippen LogP contribution is 2.28. The van der Waals surface area contributed by atoms with Gasteiger partial charge in [-0.3, -0.25) is 9.89 Å². The minimum atomic E-state index is 0.1000. The molecule has 22 heavy (non-hydrogen) atoms. The van der Waals surface area contributed by atoms with Crippen molar-refractivity contribution in [3.05, 3.63) is 30.1 Å². The van der Waals surface area contributed by atoms with Gasteiger partial charge in [0.05, 0.1) is 6.54 Å². The quantitative estimate of drug-likeness (QED) is 0.790. The monoisotopic (exact) mass is 299 g/mol. The lowest BCUT2D eigenvalue weighted by Gasteiger charge is -2.09. The predicted octanol–water partition coefficient (Wildman–Crippen LogP) is 2.45. The summed E-state index contributed by atoms with van der Waals surface area (Å²) in [6.07, 6.45) is 5.51. The van der Waals surface area contributed by atoms with Crippen molar-refractivity contribution in [2.75, 3.05) is 5.32 Å². The summed E-state index contributed by atoms with van der Waals surface area (Å²) in [7, 11) is 0. The summed E-state index contributed by atoms with van der Waals surface area (Å²) in [5.41, 5.74) is 7.21. The molecule has 1 saturated carbocycles. The highest BCUT2D eigenvalue weighted by molar-refractivity contribution is 5.91. The molecule has 1 aromatic carbocycles. The van der Waals surface area contributed by atoms with E-state index in [0.29, 0.717) is 30.5 Å². The molecular formula is C16H21N5O. The van der Waals surface area contributed by atoms with E-state index in [2.05, 4.69) is 20.5 Å². The molecule has 0 saturated heterocycles. The number of nitrogens with two attached hydrogens (primary N) is 1. The average molecular weight is 299 g/mol. The Morgan fingerprint density at radius 1 is 1.27 bits per heavy atom. The normalized spacial score (nSPS) is 15.1. The fourth-order valence-electron chi connectivity index (χ4n) is 2.91. The Hall–Kier alpha value is -2.21. The molecule has 0 unspecified atom stereocenters. The van der Waals surface area contributed by atoms with E-state index in [1.807, 2.05) is 24.3 Å². The van der Waals surface area contributed by atoms with E-state index in [-0.39, 0.29) is 5.91 Å². The minimum absolute atomic E-state index is 0.1000. The second kappa shape index (κ2) is 6.70. The Balaban J connectivity index is 1.60. The molecule has 4 N–H and O–H groups in total. The number of amides is 1. The number of nitrogens with zero attached hydrogens (tertiary/aromatic N) is 2. The maximum Gasteiger partial charge on any atom is 0.224 e. The van der Waals surface area contributed by atoms with Crippen LogP contribution in [0.3, 0.4) is 0 Å². The maximum atomic E-state index is 12.0. The first kappa shape index (κ1) is 14.7. The SMILES string of the molecule is NCc1nc(-c2ccc(NC(=O)CC3CCCC3)cc2)n[nH]1. The number of carbonyl (C=O) groups excluding carboxylic acids is 1. The molecule has 2 aromatic rings. The Morgan fingerprint density at radius 2 is 2.00 bits per heavy atom. The average Bonchev–Trinajstić information content (AvgIpc) is 3.19. The van der Waals surface area contributed by atoms with Crippen molar-refractivity contribution in [3.63, 3.8) is 0 Å². The van der Waals surface area contributed by atoms with Gasteiger partial charge in [0, 0.05) is 17.7 Å². The summed E-state index contributed by atoms with van der Waals surface area (Å²) < 4.78 is 0. The number of rotatable bonds is 5. The van der Waals surface area contributed by atoms with Gasteiger partial charge in [0.2, 0.25) is 5.91 Å². The van der Waals surface area contributed by atoms with Gasteiger partial charge >= 0.3 is 0 Å². The largest absolute Gasteiger partial charge is 0.326 e. The zero-order valence-corrected chi connectivity index (χ0v) is 12.5. The summed E-state index contributed by atoms with van der Waals surface area (Å²) >= 11 is 0. The van der Waals surface area contributed by atoms with Gasteiger partial charge < -0.3 is 11.1 Å². The number of aromatic amines is 1. The highest BCUT2D eigenvalue weighted by Gasteiger charge is 2.18. The molecule has 6 heteroatoms. The molecule has 0 radical (unpaired) electrons. The third-order valence-electron chi connectivity index (χ3n) is 4.10. The summed E-state index contributed by atoms with van der Waals surface area (Å²) in [6.45, 7) is 0.336. The first-order valence-corrected chi connectivity index (χ1v) is 7.76. The zero-order chi connectivity index (χ0) is 15.4. The van der Waals surface area contributed by atoms with Crippen LogP contribution >= 0.6 is 0 Å². The number of H-pyrrole nitrogens is 1. The van der Waals surface area contributed by atoms with Crippen molar-refractivity contribution in [2.45, 2.75) is 38.6 Å². The Bertz CT molecular complexity index is 628. The summed E-state index contributed by atoms with van der Waals surface area (Å²) in [6, 6.07) is 7.55. The highest BCUT2D eigenvalue weighted by atomic mass is 16.1. The van der Waals surface area contributed by atoms with Crippen LogP contribution in [0.1, 0.15) is 37.9 Å². The molecule has 1 fully saturated rings. The van der Waals surface area contributed by atoms with Gasteiger partial charge in [-0.15, -0.1) is 0 Å². The molecule has 1 aromatic heterocycles. The van der Waals surface area contributed by atoms with Gasteiger partial charge in [-0.25, -0.2) is 4.98 Å². The smallest absolute Gasteiger partial charge is 0.224 e. The maximum absolute atomic E-state index is 12.0. The Labute approximate surface area is 129 Å². The van der Waals surface area contributed by atoms with Crippen LogP contribution in [0.5, 0.6) is 0 Å².